The number of carbonyl (C=O) groups excluding carboxylic acids is 1. The summed E-state index contributed by atoms with van der Waals surface area (Å²) in [7, 11) is 0. The molecule has 0 aliphatic heterocycles. The fourth-order valence-electron chi connectivity index (χ4n) is 4.87. The molecule has 0 bridgehead atoms. The van der Waals surface area contributed by atoms with Gasteiger partial charge in [-0.1, -0.05) is 18.2 Å². The van der Waals surface area contributed by atoms with Gasteiger partial charge in [0.1, 0.15) is 11.4 Å². The van der Waals surface area contributed by atoms with E-state index in [2.05, 4.69) is 19.9 Å². The highest BCUT2D eigenvalue weighted by atomic mass is 35.5. The van der Waals surface area contributed by atoms with Gasteiger partial charge in [0.05, 0.1) is 29.2 Å². The van der Waals surface area contributed by atoms with Gasteiger partial charge in [-0.2, -0.15) is 0 Å². The van der Waals surface area contributed by atoms with E-state index >= 15 is 0 Å². The van der Waals surface area contributed by atoms with Crippen molar-refractivity contribution < 1.29 is 14.1 Å². The molecule has 4 aromatic heterocycles. The second-order valence-electron chi connectivity index (χ2n) is 9.40. The number of hydrogen-bond donors (Lipinski definition) is 1. The number of nitrogens with one attached hydrogen (secondary N) is 1. The maximum atomic E-state index is 13.4. The Bertz CT molecular complexity index is 1840. The largest absolute Gasteiger partial charge is 0.451 e. The summed E-state index contributed by atoms with van der Waals surface area (Å²) in [4.78, 5) is 37.4. The van der Waals surface area contributed by atoms with Crippen LogP contribution in [0, 0.1) is 10.1 Å². The van der Waals surface area contributed by atoms with Gasteiger partial charge in [-0.25, -0.2) is 9.97 Å². The monoisotopic (exact) mass is 655 g/mol. The summed E-state index contributed by atoms with van der Waals surface area (Å²) in [5.41, 5.74) is 3.99. The first-order chi connectivity index (χ1) is 20.0. The molecule has 0 fully saturated rings. The Kier molecular flexibility index (Phi) is 11.2. The second kappa shape index (κ2) is 14.6. The van der Waals surface area contributed by atoms with Gasteiger partial charge >= 0.3 is 0 Å². The zero-order valence-corrected chi connectivity index (χ0v) is 25.7. The van der Waals surface area contributed by atoms with Crippen LogP contribution < -0.4 is 5.32 Å². The van der Waals surface area contributed by atoms with Crippen LogP contribution in [-0.4, -0.2) is 34.9 Å². The van der Waals surface area contributed by atoms with Crippen molar-refractivity contribution in [1.29, 1.82) is 0 Å². The lowest BCUT2D eigenvalue weighted by molar-refractivity contribution is -0.384. The topological polar surface area (TPSA) is 134 Å². The molecule has 0 saturated carbocycles. The summed E-state index contributed by atoms with van der Waals surface area (Å²) < 4.78 is 9.74. The summed E-state index contributed by atoms with van der Waals surface area (Å²) in [6.45, 7) is 2.65. The Morgan fingerprint density at radius 3 is 2.48 bits per heavy atom. The molecular weight excluding hydrogens is 629 g/mol. The van der Waals surface area contributed by atoms with Crippen molar-refractivity contribution in [2.45, 2.75) is 25.9 Å². The molecule has 1 unspecified atom stereocenters. The van der Waals surface area contributed by atoms with E-state index in [0.29, 0.717) is 29.8 Å². The Labute approximate surface area is 270 Å². The van der Waals surface area contributed by atoms with E-state index in [1.54, 1.807) is 18.7 Å². The number of benzene rings is 2. The number of fused-ring (bicyclic) bond motifs is 1. The van der Waals surface area contributed by atoms with Crippen molar-refractivity contribution in [2.75, 3.05) is 0 Å². The predicted molar refractivity (Wildman–Crippen MR) is 173 cm³/mol. The molecule has 0 spiro atoms. The third-order valence-corrected chi connectivity index (χ3v) is 6.86. The number of halogens is 3. The van der Waals surface area contributed by atoms with Crippen molar-refractivity contribution in [3.8, 4) is 16.9 Å². The molecule has 6 rings (SSSR count). The van der Waals surface area contributed by atoms with E-state index < -0.39 is 16.9 Å². The van der Waals surface area contributed by atoms with Gasteiger partial charge in [0, 0.05) is 60.5 Å². The molecule has 1 N–H and O–H groups in total. The van der Waals surface area contributed by atoms with Gasteiger partial charge in [0.25, 0.3) is 11.6 Å². The lowest BCUT2D eigenvalue weighted by atomic mass is 10.1. The number of hydrogen-bond acceptors (Lipinski definition) is 7. The van der Waals surface area contributed by atoms with E-state index in [0.717, 1.165) is 22.6 Å². The van der Waals surface area contributed by atoms with Crippen molar-refractivity contribution >= 4 is 59.8 Å². The number of non-ortho nitro benzene ring substituents is 1. The minimum Gasteiger partial charge on any atom is -0.451 e. The highest BCUT2D eigenvalue weighted by molar-refractivity contribution is 5.96. The first-order valence-electron chi connectivity index (χ1n) is 13.0. The van der Waals surface area contributed by atoms with Crippen LogP contribution in [0.1, 0.15) is 35.0 Å². The number of pyridine rings is 1. The highest BCUT2D eigenvalue weighted by Gasteiger charge is 2.25. The summed E-state index contributed by atoms with van der Waals surface area (Å²) in [5.74, 6) is 0.269. The lowest BCUT2D eigenvalue weighted by Gasteiger charge is -2.20. The molecule has 0 aliphatic carbocycles. The number of aromatic nitrogens is 5. The summed E-state index contributed by atoms with van der Waals surface area (Å²) in [5, 5.41) is 14.7. The smallest absolute Gasteiger partial charge is 0.287 e. The zero-order valence-electron chi connectivity index (χ0n) is 23.3. The Morgan fingerprint density at radius 1 is 1.02 bits per heavy atom. The predicted octanol–water partition coefficient (Wildman–Crippen LogP) is 6.78. The highest BCUT2D eigenvalue weighted by Crippen LogP contribution is 2.28. The Balaban J connectivity index is 0.00000176. The van der Waals surface area contributed by atoms with Crippen LogP contribution in [0.15, 0.2) is 102 Å². The van der Waals surface area contributed by atoms with Crippen LogP contribution in [0.4, 0.5) is 5.69 Å². The average molecular weight is 657 g/mol. The molecule has 0 aliphatic rings. The zero-order chi connectivity index (χ0) is 28.3. The van der Waals surface area contributed by atoms with Gasteiger partial charge in [0.2, 0.25) is 0 Å². The van der Waals surface area contributed by atoms with E-state index in [1.807, 2.05) is 66.3 Å². The number of furan rings is 1. The van der Waals surface area contributed by atoms with Crippen LogP contribution in [0.25, 0.3) is 27.9 Å². The Morgan fingerprint density at radius 2 is 1.82 bits per heavy atom. The normalized spacial score (nSPS) is 11.1. The quantitative estimate of drug-likeness (QED) is 0.134. The number of nitro benzene ring substituents is 1. The molecule has 0 radical (unpaired) electrons. The molecule has 6 aromatic rings. The first-order valence-corrected chi connectivity index (χ1v) is 13.0. The van der Waals surface area contributed by atoms with Gasteiger partial charge in [-0.3, -0.25) is 19.9 Å². The third kappa shape index (κ3) is 6.91. The van der Waals surface area contributed by atoms with E-state index in [9.17, 15) is 14.9 Å². The molecule has 0 saturated heterocycles. The average Bonchev–Trinajstić information content (AvgIpc) is 3.76. The van der Waals surface area contributed by atoms with Crippen LogP contribution >= 0.6 is 37.2 Å². The van der Waals surface area contributed by atoms with Gasteiger partial charge < -0.3 is 18.9 Å². The summed E-state index contributed by atoms with van der Waals surface area (Å²) >= 11 is 0. The van der Waals surface area contributed by atoms with Gasteiger partial charge in [-0.15, -0.1) is 37.2 Å². The van der Waals surface area contributed by atoms with Crippen molar-refractivity contribution in [3.63, 3.8) is 0 Å². The van der Waals surface area contributed by atoms with Crippen molar-refractivity contribution in [1.82, 2.24) is 29.4 Å². The van der Waals surface area contributed by atoms with Crippen LogP contribution in [0.3, 0.4) is 0 Å². The maximum absolute atomic E-state index is 13.4. The number of rotatable bonds is 9. The van der Waals surface area contributed by atoms with E-state index in [4.69, 9.17) is 9.40 Å². The van der Waals surface area contributed by atoms with Gasteiger partial charge in [-0.05, 0) is 48.9 Å². The molecule has 1 amide bonds. The molecule has 14 heteroatoms. The Hall–Kier alpha value is -4.71. The van der Waals surface area contributed by atoms with Crippen LogP contribution in [-0.2, 0) is 13.0 Å². The number of carbonyl (C=O) groups is 1. The van der Waals surface area contributed by atoms with E-state index in [1.165, 1.54) is 24.3 Å². The van der Waals surface area contributed by atoms with Crippen LogP contribution in [0.2, 0.25) is 0 Å². The van der Waals surface area contributed by atoms with E-state index in [-0.39, 0.29) is 48.7 Å². The van der Waals surface area contributed by atoms with Crippen LogP contribution in [0.5, 0.6) is 0 Å². The molecule has 228 valence electrons. The number of amides is 1. The number of nitrogens with zero attached hydrogens (tertiary/aromatic N) is 6. The lowest BCUT2D eigenvalue weighted by Crippen LogP contribution is -2.32. The molecule has 2 aromatic carbocycles. The first kappa shape index (κ1) is 33.8. The molecule has 4 heterocycles. The van der Waals surface area contributed by atoms with Crippen molar-refractivity contribution in [2.24, 2.45) is 0 Å². The number of imidazole rings is 2. The fraction of sp³-hybridized carbons (Fsp3) is 0.133. The minimum absolute atomic E-state index is 0. The second-order valence-corrected chi connectivity index (χ2v) is 9.40. The summed E-state index contributed by atoms with van der Waals surface area (Å²) in [6, 6.07) is 18.9. The number of nitro groups is 1. The SMILES string of the molecule is CCn1c(-c2ccc(-n3ccnc3)cc2)cnc1C(Cc1ccccn1)NC(=O)c1cc2cc([N+](=O)[O-])ccc2o1.Cl.Cl.Cl. The standard InChI is InChI=1S/C30H25N7O4.3ClH/c1-2-36-26(20-6-8-23(9-7-20)35-14-13-31-19-35)18-33-29(36)25(17-22-5-3-4-12-32-22)34-30(38)28-16-21-15-24(37(39)40)10-11-27(21)41-28;;;/h3-16,18-19,25H,2,17H2,1H3,(H,34,38);3*1H. The summed E-state index contributed by atoms with van der Waals surface area (Å²) in [6.07, 6.45) is 9.28. The van der Waals surface area contributed by atoms with Gasteiger partial charge in [0.15, 0.2) is 5.76 Å². The maximum Gasteiger partial charge on any atom is 0.287 e. The minimum atomic E-state index is -0.529. The fourth-order valence-corrected chi connectivity index (χ4v) is 4.87. The molecule has 44 heavy (non-hydrogen) atoms. The molecule has 11 nitrogen and oxygen atoms in total. The third-order valence-electron chi connectivity index (χ3n) is 6.86. The van der Waals surface area contributed by atoms with Crippen molar-refractivity contribution in [3.05, 3.63) is 125 Å². The molecular formula is C30H28Cl3N7O4. The molecule has 1 atom stereocenters.